The van der Waals surface area contributed by atoms with Gasteiger partial charge in [0, 0.05) is 32.2 Å². The van der Waals surface area contributed by atoms with Gasteiger partial charge >= 0.3 is 0 Å². The first-order chi connectivity index (χ1) is 7.33. The zero-order valence-corrected chi connectivity index (χ0v) is 9.19. The molecule has 15 heavy (non-hydrogen) atoms. The van der Waals surface area contributed by atoms with Crippen LogP contribution in [0.2, 0.25) is 0 Å². The molecule has 1 amide bonds. The number of aliphatic hydroxyl groups is 1. The fraction of sp³-hybridized carbons (Fsp3) is 0.909. The minimum Gasteiger partial charge on any atom is -0.396 e. The van der Waals surface area contributed by atoms with Gasteiger partial charge in [0.05, 0.1) is 0 Å². The summed E-state index contributed by atoms with van der Waals surface area (Å²) in [5, 5.41) is 12.9. The lowest BCUT2D eigenvalue weighted by molar-refractivity contribution is -0.141. The van der Waals surface area contributed by atoms with Gasteiger partial charge in [-0.15, -0.1) is 0 Å². The van der Waals surface area contributed by atoms with E-state index >= 15 is 0 Å². The second-order valence-electron chi connectivity index (χ2n) is 4.45. The molecule has 86 valence electrons. The van der Waals surface area contributed by atoms with Gasteiger partial charge in [0.25, 0.3) is 0 Å². The molecular weight excluding hydrogens is 192 g/mol. The number of rotatable bonds is 4. The average Bonchev–Trinajstić information content (AvgIpc) is 2.84. The van der Waals surface area contributed by atoms with Crippen LogP contribution >= 0.6 is 0 Å². The molecular formula is C11H20N2O2. The lowest BCUT2D eigenvalue weighted by atomic mass is 10.2. The standard InChI is InChI=1S/C11H20N2O2/c14-9-3-7-13-11(15)6-8-12(13)10-4-1-2-5-10/h10,14H,1-9H2. The van der Waals surface area contributed by atoms with E-state index in [0.717, 1.165) is 6.54 Å². The van der Waals surface area contributed by atoms with E-state index in [1.807, 2.05) is 5.01 Å². The molecule has 4 heteroatoms. The smallest absolute Gasteiger partial charge is 0.238 e. The third-order valence-electron chi connectivity index (χ3n) is 3.43. The molecule has 1 aliphatic carbocycles. The highest BCUT2D eigenvalue weighted by Gasteiger charge is 2.34. The maximum Gasteiger partial charge on any atom is 0.238 e. The Hall–Kier alpha value is -0.610. The summed E-state index contributed by atoms with van der Waals surface area (Å²) >= 11 is 0. The van der Waals surface area contributed by atoms with Crippen molar-refractivity contribution in [3.8, 4) is 0 Å². The lowest BCUT2D eigenvalue weighted by Crippen LogP contribution is -2.45. The molecule has 1 aliphatic heterocycles. The summed E-state index contributed by atoms with van der Waals surface area (Å²) in [5.41, 5.74) is 0. The average molecular weight is 212 g/mol. The zero-order valence-electron chi connectivity index (χ0n) is 9.19. The SMILES string of the molecule is O=C1CCN(C2CCCC2)N1CCCO. The normalized spacial score (nSPS) is 24.3. The van der Waals surface area contributed by atoms with Crippen LogP contribution in [0.15, 0.2) is 0 Å². The summed E-state index contributed by atoms with van der Waals surface area (Å²) in [6, 6.07) is 0.579. The van der Waals surface area contributed by atoms with Gasteiger partial charge in [-0.1, -0.05) is 12.8 Å². The van der Waals surface area contributed by atoms with Crippen LogP contribution < -0.4 is 0 Å². The van der Waals surface area contributed by atoms with Crippen molar-refractivity contribution in [3.05, 3.63) is 0 Å². The topological polar surface area (TPSA) is 43.8 Å². The van der Waals surface area contributed by atoms with E-state index in [1.165, 1.54) is 25.7 Å². The molecule has 2 fully saturated rings. The molecule has 2 aliphatic rings. The van der Waals surface area contributed by atoms with Crippen LogP contribution in [0.3, 0.4) is 0 Å². The minimum atomic E-state index is 0.169. The predicted octanol–water partition coefficient (Wildman–Crippen LogP) is 0.761. The molecule has 1 N–H and O–H groups in total. The Balaban J connectivity index is 1.93. The quantitative estimate of drug-likeness (QED) is 0.748. The second kappa shape index (κ2) is 4.94. The summed E-state index contributed by atoms with van der Waals surface area (Å²) in [6.45, 7) is 1.74. The molecule has 0 aromatic heterocycles. The van der Waals surface area contributed by atoms with E-state index in [-0.39, 0.29) is 12.5 Å². The fourth-order valence-corrected chi connectivity index (χ4v) is 2.66. The molecule has 1 saturated carbocycles. The van der Waals surface area contributed by atoms with E-state index in [4.69, 9.17) is 5.11 Å². The summed E-state index contributed by atoms with van der Waals surface area (Å²) in [7, 11) is 0. The minimum absolute atomic E-state index is 0.169. The van der Waals surface area contributed by atoms with Crippen molar-refractivity contribution in [2.24, 2.45) is 0 Å². The maximum absolute atomic E-state index is 11.6. The van der Waals surface area contributed by atoms with Gasteiger partial charge < -0.3 is 5.11 Å². The highest BCUT2D eigenvalue weighted by molar-refractivity contribution is 5.77. The van der Waals surface area contributed by atoms with Crippen molar-refractivity contribution in [1.29, 1.82) is 0 Å². The van der Waals surface area contributed by atoms with Gasteiger partial charge in [-0.3, -0.25) is 9.80 Å². The molecule has 0 aromatic rings. The molecule has 0 atom stereocenters. The Morgan fingerprint density at radius 1 is 1.33 bits per heavy atom. The molecule has 4 nitrogen and oxygen atoms in total. The summed E-state index contributed by atoms with van der Waals surface area (Å²) in [6.07, 6.45) is 6.38. The third-order valence-corrected chi connectivity index (χ3v) is 3.43. The Kier molecular flexibility index (Phi) is 3.59. The first-order valence-corrected chi connectivity index (χ1v) is 6.00. The van der Waals surface area contributed by atoms with E-state index in [0.29, 0.717) is 25.4 Å². The summed E-state index contributed by atoms with van der Waals surface area (Å²) < 4.78 is 0. The first-order valence-electron chi connectivity index (χ1n) is 6.00. The Labute approximate surface area is 90.8 Å². The summed E-state index contributed by atoms with van der Waals surface area (Å²) in [5.74, 6) is 0.232. The number of hydrogen-bond acceptors (Lipinski definition) is 3. The van der Waals surface area contributed by atoms with E-state index in [9.17, 15) is 4.79 Å². The number of hydrazine groups is 1. The molecule has 2 rings (SSSR count). The predicted molar refractivity (Wildman–Crippen MR) is 57.0 cm³/mol. The molecule has 1 heterocycles. The van der Waals surface area contributed by atoms with Gasteiger partial charge in [-0.2, -0.15) is 0 Å². The Bertz CT molecular complexity index is 227. The van der Waals surface area contributed by atoms with Crippen molar-refractivity contribution in [3.63, 3.8) is 0 Å². The van der Waals surface area contributed by atoms with Crippen molar-refractivity contribution in [1.82, 2.24) is 10.0 Å². The van der Waals surface area contributed by atoms with Crippen molar-refractivity contribution in [2.45, 2.75) is 44.6 Å². The van der Waals surface area contributed by atoms with Crippen LogP contribution in [0.4, 0.5) is 0 Å². The Morgan fingerprint density at radius 3 is 2.73 bits per heavy atom. The fourth-order valence-electron chi connectivity index (χ4n) is 2.66. The number of aliphatic hydroxyl groups excluding tert-OH is 1. The van der Waals surface area contributed by atoms with Crippen LogP contribution in [0.5, 0.6) is 0 Å². The van der Waals surface area contributed by atoms with Crippen molar-refractivity contribution in [2.75, 3.05) is 19.7 Å². The maximum atomic E-state index is 11.6. The third kappa shape index (κ3) is 2.32. The van der Waals surface area contributed by atoms with Crippen molar-refractivity contribution < 1.29 is 9.90 Å². The molecule has 0 unspecified atom stereocenters. The zero-order chi connectivity index (χ0) is 10.7. The summed E-state index contributed by atoms with van der Waals surface area (Å²) in [4.78, 5) is 11.6. The number of amides is 1. The number of nitrogens with zero attached hydrogens (tertiary/aromatic N) is 2. The van der Waals surface area contributed by atoms with Gasteiger partial charge in [-0.25, -0.2) is 5.01 Å². The molecule has 0 aromatic carbocycles. The Morgan fingerprint density at radius 2 is 2.07 bits per heavy atom. The first kappa shape index (κ1) is 10.9. The highest BCUT2D eigenvalue weighted by Crippen LogP contribution is 2.27. The molecule has 0 radical (unpaired) electrons. The largest absolute Gasteiger partial charge is 0.396 e. The van der Waals surface area contributed by atoms with Crippen molar-refractivity contribution >= 4 is 5.91 Å². The molecule has 0 bridgehead atoms. The van der Waals surface area contributed by atoms with Crippen LogP contribution in [0.25, 0.3) is 0 Å². The van der Waals surface area contributed by atoms with Gasteiger partial charge in [0.2, 0.25) is 5.91 Å². The number of hydrogen-bond donors (Lipinski definition) is 1. The van der Waals surface area contributed by atoms with Crippen LogP contribution in [-0.2, 0) is 4.79 Å². The molecule has 0 spiro atoms. The number of carbonyl (C=O) groups is 1. The van der Waals surface area contributed by atoms with Crippen LogP contribution in [-0.4, -0.2) is 46.8 Å². The number of carbonyl (C=O) groups excluding carboxylic acids is 1. The van der Waals surface area contributed by atoms with E-state index < -0.39 is 0 Å². The van der Waals surface area contributed by atoms with E-state index in [1.54, 1.807) is 0 Å². The second-order valence-corrected chi connectivity index (χ2v) is 4.45. The van der Waals surface area contributed by atoms with E-state index in [2.05, 4.69) is 5.01 Å². The highest BCUT2D eigenvalue weighted by atomic mass is 16.3. The molecule has 1 saturated heterocycles. The van der Waals surface area contributed by atoms with Gasteiger partial charge in [-0.05, 0) is 19.3 Å². The lowest BCUT2D eigenvalue weighted by Gasteiger charge is -2.32. The van der Waals surface area contributed by atoms with Crippen LogP contribution in [0, 0.1) is 0 Å². The monoisotopic (exact) mass is 212 g/mol. The van der Waals surface area contributed by atoms with Gasteiger partial charge in [0.1, 0.15) is 0 Å². The van der Waals surface area contributed by atoms with Crippen LogP contribution in [0.1, 0.15) is 38.5 Å². The van der Waals surface area contributed by atoms with Gasteiger partial charge in [0.15, 0.2) is 0 Å².